The number of rotatable bonds is 3. The molecule has 4 aliphatic carbocycles. The molecule has 1 unspecified atom stereocenters. The van der Waals surface area contributed by atoms with Crippen molar-refractivity contribution in [3.05, 3.63) is 0 Å². The van der Waals surface area contributed by atoms with E-state index in [0.717, 1.165) is 48.9 Å². The van der Waals surface area contributed by atoms with Crippen LogP contribution in [0, 0.1) is 46.3 Å². The van der Waals surface area contributed by atoms with E-state index in [4.69, 9.17) is 0 Å². The van der Waals surface area contributed by atoms with E-state index in [1.807, 2.05) is 0 Å². The average molecular weight is 349 g/mol. The molecule has 2 heteroatoms. The third kappa shape index (κ3) is 2.73. The zero-order valence-corrected chi connectivity index (χ0v) is 16.7. The van der Waals surface area contributed by atoms with Gasteiger partial charge in [-0.05, 0) is 111 Å². The summed E-state index contributed by atoms with van der Waals surface area (Å²) in [5, 5.41) is 19.6. The van der Waals surface area contributed by atoms with Gasteiger partial charge in [0.05, 0.1) is 6.10 Å². The zero-order chi connectivity index (χ0) is 17.8. The summed E-state index contributed by atoms with van der Waals surface area (Å²) in [4.78, 5) is 0. The fraction of sp³-hybridized carbons (Fsp3) is 1.00. The van der Waals surface area contributed by atoms with Gasteiger partial charge in [-0.3, -0.25) is 0 Å². The van der Waals surface area contributed by atoms with Gasteiger partial charge in [0.1, 0.15) is 0 Å². The highest BCUT2D eigenvalue weighted by molar-refractivity contribution is 5.09. The summed E-state index contributed by atoms with van der Waals surface area (Å²) in [6, 6.07) is 0. The van der Waals surface area contributed by atoms with E-state index in [0.29, 0.717) is 23.4 Å². The van der Waals surface area contributed by atoms with Gasteiger partial charge in [-0.2, -0.15) is 0 Å². The molecule has 0 amide bonds. The zero-order valence-electron chi connectivity index (χ0n) is 16.7. The second-order valence-electron chi connectivity index (χ2n) is 10.8. The largest absolute Gasteiger partial charge is 0.396 e. The molecule has 9 atom stereocenters. The predicted octanol–water partition coefficient (Wildman–Crippen LogP) is 5.02. The first-order valence-corrected chi connectivity index (χ1v) is 11.2. The third-order valence-electron chi connectivity index (χ3n) is 9.98. The van der Waals surface area contributed by atoms with Crippen LogP contribution >= 0.6 is 0 Å². The van der Waals surface area contributed by atoms with Gasteiger partial charge in [-0.25, -0.2) is 0 Å². The van der Waals surface area contributed by atoms with Crippen LogP contribution in [0.4, 0.5) is 0 Å². The van der Waals surface area contributed by atoms with Crippen LogP contribution in [0.3, 0.4) is 0 Å². The number of aliphatic hydroxyl groups is 2. The molecule has 0 aromatic carbocycles. The van der Waals surface area contributed by atoms with Gasteiger partial charge in [0.15, 0.2) is 0 Å². The Morgan fingerprint density at radius 2 is 1.64 bits per heavy atom. The second kappa shape index (κ2) is 6.51. The number of aliphatic hydroxyl groups excluding tert-OH is 2. The van der Waals surface area contributed by atoms with Crippen molar-refractivity contribution in [2.75, 3.05) is 6.61 Å². The number of hydrogen-bond donors (Lipinski definition) is 2. The van der Waals surface area contributed by atoms with E-state index < -0.39 is 0 Å². The molecule has 0 aromatic rings. The van der Waals surface area contributed by atoms with Crippen molar-refractivity contribution in [2.24, 2.45) is 46.3 Å². The molecule has 0 heterocycles. The lowest BCUT2D eigenvalue weighted by Crippen LogP contribution is -2.54. The Hall–Kier alpha value is -0.0800. The summed E-state index contributed by atoms with van der Waals surface area (Å²) >= 11 is 0. The second-order valence-corrected chi connectivity index (χ2v) is 10.8. The molecule has 25 heavy (non-hydrogen) atoms. The normalized spacial score (nSPS) is 53.6. The van der Waals surface area contributed by atoms with Crippen LogP contribution in [-0.4, -0.2) is 22.9 Å². The van der Waals surface area contributed by atoms with Crippen molar-refractivity contribution in [3.63, 3.8) is 0 Å². The standard InChI is InChI=1S/C23H40O2/c1-15(10-13-24)19-6-7-20-18-5-4-16-14-17(25)8-11-22(16,2)21(18)9-12-23(19,20)3/h15-21,24-25H,4-14H2,1-3H3/t15-,16?,17+,18+,19-,20+,21+,22+,23-/m1/s1. The van der Waals surface area contributed by atoms with Gasteiger partial charge in [-0.1, -0.05) is 20.8 Å². The number of fused-ring (bicyclic) bond motifs is 5. The van der Waals surface area contributed by atoms with Crippen LogP contribution in [0.1, 0.15) is 85.0 Å². The Labute approximate surface area is 154 Å². The molecule has 144 valence electrons. The highest BCUT2D eigenvalue weighted by Crippen LogP contribution is 2.68. The lowest BCUT2D eigenvalue weighted by Gasteiger charge is -2.61. The first kappa shape index (κ1) is 18.3. The molecule has 2 N–H and O–H groups in total. The molecular formula is C23H40O2. The average Bonchev–Trinajstić information content (AvgIpc) is 2.93. The molecule has 4 saturated carbocycles. The van der Waals surface area contributed by atoms with Gasteiger partial charge in [-0.15, -0.1) is 0 Å². The molecule has 0 radical (unpaired) electrons. The van der Waals surface area contributed by atoms with Crippen LogP contribution < -0.4 is 0 Å². The quantitative estimate of drug-likeness (QED) is 0.751. The molecule has 0 saturated heterocycles. The number of hydrogen-bond acceptors (Lipinski definition) is 2. The Kier molecular flexibility index (Phi) is 4.77. The lowest BCUT2D eigenvalue weighted by atomic mass is 9.44. The van der Waals surface area contributed by atoms with E-state index in [2.05, 4.69) is 20.8 Å². The molecule has 0 spiro atoms. The van der Waals surface area contributed by atoms with Crippen LogP contribution in [0.5, 0.6) is 0 Å². The minimum Gasteiger partial charge on any atom is -0.396 e. The van der Waals surface area contributed by atoms with Crippen molar-refractivity contribution in [1.29, 1.82) is 0 Å². The Morgan fingerprint density at radius 3 is 2.40 bits per heavy atom. The SMILES string of the molecule is C[C@H](CCO)[C@H]1CC[C@H]2[C@@H]3CCC4C[C@@H](O)CC[C@]4(C)[C@H]3CC[C@]12C. The monoisotopic (exact) mass is 348 g/mol. The highest BCUT2D eigenvalue weighted by atomic mass is 16.3. The van der Waals surface area contributed by atoms with Crippen molar-refractivity contribution in [3.8, 4) is 0 Å². The van der Waals surface area contributed by atoms with E-state index >= 15 is 0 Å². The molecule has 0 aliphatic heterocycles. The van der Waals surface area contributed by atoms with Crippen LogP contribution in [-0.2, 0) is 0 Å². The van der Waals surface area contributed by atoms with Gasteiger partial charge in [0.2, 0.25) is 0 Å². The lowest BCUT2D eigenvalue weighted by molar-refractivity contribution is -0.129. The fourth-order valence-corrected chi connectivity index (χ4v) is 8.62. The summed E-state index contributed by atoms with van der Waals surface area (Å²) in [6.45, 7) is 7.94. The first-order chi connectivity index (χ1) is 11.9. The Bertz CT molecular complexity index is 490. The molecule has 2 nitrogen and oxygen atoms in total. The molecule has 0 bridgehead atoms. The van der Waals surface area contributed by atoms with Crippen LogP contribution in [0.15, 0.2) is 0 Å². The van der Waals surface area contributed by atoms with Crippen molar-refractivity contribution in [2.45, 2.75) is 91.1 Å². The maximum atomic E-state index is 10.2. The molecular weight excluding hydrogens is 308 g/mol. The summed E-state index contributed by atoms with van der Waals surface area (Å²) in [5.41, 5.74) is 1.02. The van der Waals surface area contributed by atoms with Crippen LogP contribution in [0.2, 0.25) is 0 Å². The molecule has 4 aliphatic rings. The molecule has 4 fully saturated rings. The van der Waals surface area contributed by atoms with Crippen molar-refractivity contribution >= 4 is 0 Å². The van der Waals surface area contributed by atoms with E-state index in [1.165, 1.54) is 44.9 Å². The Balaban J connectivity index is 1.56. The first-order valence-electron chi connectivity index (χ1n) is 11.2. The van der Waals surface area contributed by atoms with Crippen LogP contribution in [0.25, 0.3) is 0 Å². The highest BCUT2D eigenvalue weighted by Gasteiger charge is 2.60. The fourth-order valence-electron chi connectivity index (χ4n) is 8.62. The third-order valence-corrected chi connectivity index (χ3v) is 9.98. The summed E-state index contributed by atoms with van der Waals surface area (Å²) in [5.74, 6) is 5.03. The topological polar surface area (TPSA) is 40.5 Å². The molecule has 4 rings (SSSR count). The van der Waals surface area contributed by atoms with E-state index in [9.17, 15) is 10.2 Å². The minimum atomic E-state index is -0.0290. The minimum absolute atomic E-state index is 0.0290. The summed E-state index contributed by atoms with van der Waals surface area (Å²) in [7, 11) is 0. The summed E-state index contributed by atoms with van der Waals surface area (Å²) in [6.07, 6.45) is 12.7. The van der Waals surface area contributed by atoms with Crippen molar-refractivity contribution in [1.82, 2.24) is 0 Å². The van der Waals surface area contributed by atoms with Crippen molar-refractivity contribution < 1.29 is 10.2 Å². The van der Waals surface area contributed by atoms with Gasteiger partial charge in [0.25, 0.3) is 0 Å². The van der Waals surface area contributed by atoms with Gasteiger partial charge >= 0.3 is 0 Å². The smallest absolute Gasteiger partial charge is 0.0543 e. The van der Waals surface area contributed by atoms with Gasteiger partial charge < -0.3 is 10.2 Å². The molecule has 0 aromatic heterocycles. The van der Waals surface area contributed by atoms with E-state index in [1.54, 1.807) is 0 Å². The predicted molar refractivity (Wildman–Crippen MR) is 102 cm³/mol. The maximum Gasteiger partial charge on any atom is 0.0543 e. The summed E-state index contributed by atoms with van der Waals surface area (Å²) < 4.78 is 0. The maximum absolute atomic E-state index is 10.2. The van der Waals surface area contributed by atoms with Gasteiger partial charge in [0, 0.05) is 6.61 Å². The Morgan fingerprint density at radius 1 is 0.920 bits per heavy atom. The van der Waals surface area contributed by atoms with E-state index in [-0.39, 0.29) is 6.10 Å².